The van der Waals surface area contributed by atoms with Crippen LogP contribution in [0.25, 0.3) is 182 Å². The summed E-state index contributed by atoms with van der Waals surface area (Å²) in [5, 5.41) is 15.0. The van der Waals surface area contributed by atoms with Crippen molar-refractivity contribution in [1.82, 2.24) is 13.7 Å². The van der Waals surface area contributed by atoms with Crippen molar-refractivity contribution in [2.75, 3.05) is 0 Å². The van der Waals surface area contributed by atoms with Gasteiger partial charge < -0.3 is 13.7 Å². The molecule has 3 nitrogen and oxygen atoms in total. The first-order chi connectivity index (χ1) is 46.1. The van der Waals surface area contributed by atoms with Gasteiger partial charge in [0.05, 0.1) is 33.1 Å². The molecule has 0 N–H and O–H groups in total. The second-order valence-electron chi connectivity index (χ2n) is 24.8. The highest BCUT2D eigenvalue weighted by molar-refractivity contribution is 6.24. The van der Waals surface area contributed by atoms with Gasteiger partial charge in [0.1, 0.15) is 0 Å². The molecule has 19 aromatic rings. The quantitative estimate of drug-likeness (QED) is 0.137. The predicted molar refractivity (Wildman–Crippen MR) is 395 cm³/mol. The highest BCUT2D eigenvalue weighted by Gasteiger charge is 2.21. The number of aromatic nitrogens is 3. The summed E-state index contributed by atoms with van der Waals surface area (Å²) in [4.78, 5) is 0. The maximum atomic E-state index is 2.45. The van der Waals surface area contributed by atoms with Crippen LogP contribution in [0, 0.1) is 0 Å². The molecule has 0 radical (unpaired) electrons. The normalized spacial score (nSPS) is 11.9. The summed E-state index contributed by atoms with van der Waals surface area (Å²) in [7, 11) is 0. The molecular weight excluding hydrogens is 1120 g/mol. The Morgan fingerprint density at radius 2 is 0.376 bits per heavy atom. The number of hydrogen-bond donors (Lipinski definition) is 0. The molecule has 3 heteroatoms. The molecule has 0 aliphatic carbocycles. The fraction of sp³-hybridized carbons (Fsp3) is 0. The van der Waals surface area contributed by atoms with Gasteiger partial charge in [0.25, 0.3) is 0 Å². The van der Waals surface area contributed by atoms with Gasteiger partial charge in [-0.15, -0.1) is 0 Å². The van der Waals surface area contributed by atoms with Crippen molar-refractivity contribution in [2.45, 2.75) is 0 Å². The minimum atomic E-state index is 1.12. The minimum Gasteiger partial charge on any atom is -0.309 e. The van der Waals surface area contributed by atoms with Gasteiger partial charge in [-0.05, 0) is 208 Å². The molecule has 0 fully saturated rings. The topological polar surface area (TPSA) is 14.8 Å². The van der Waals surface area contributed by atoms with Gasteiger partial charge in [0.2, 0.25) is 0 Å². The Bertz CT molecular complexity index is 5550. The zero-order valence-corrected chi connectivity index (χ0v) is 50.8. The first kappa shape index (κ1) is 52.6. The predicted octanol–water partition coefficient (Wildman–Crippen LogP) is 24.4. The van der Waals surface area contributed by atoms with E-state index in [0.717, 1.165) is 50.4 Å². The molecule has 0 aliphatic heterocycles. The Morgan fingerprint density at radius 3 is 0.667 bits per heavy atom. The molecule has 0 aliphatic rings. The van der Waals surface area contributed by atoms with E-state index in [2.05, 4.69) is 359 Å². The first-order valence-electron chi connectivity index (χ1n) is 32.1. The lowest BCUT2D eigenvalue weighted by molar-refractivity contribution is 1.18. The van der Waals surface area contributed by atoms with E-state index in [1.54, 1.807) is 0 Å². The van der Waals surface area contributed by atoms with Gasteiger partial charge >= 0.3 is 0 Å². The molecule has 93 heavy (non-hydrogen) atoms. The van der Waals surface area contributed by atoms with Crippen LogP contribution >= 0.6 is 0 Å². The molecule has 432 valence electrons. The van der Waals surface area contributed by atoms with Gasteiger partial charge in [-0.1, -0.05) is 237 Å². The summed E-state index contributed by atoms with van der Waals surface area (Å²) >= 11 is 0. The number of rotatable bonds is 9. The fourth-order valence-corrected chi connectivity index (χ4v) is 15.2. The molecule has 3 aromatic heterocycles. The third-order valence-electron chi connectivity index (χ3n) is 19.6. The summed E-state index contributed by atoms with van der Waals surface area (Å²) in [5.74, 6) is 0. The molecule has 19 rings (SSSR count). The van der Waals surface area contributed by atoms with E-state index in [4.69, 9.17) is 0 Å². The molecule has 16 aromatic carbocycles. The molecule has 3 heterocycles. The van der Waals surface area contributed by atoms with Gasteiger partial charge in [0.15, 0.2) is 0 Å². The monoisotopic (exact) mass is 1180 g/mol. The number of benzene rings is 16. The van der Waals surface area contributed by atoms with E-state index in [-0.39, 0.29) is 0 Å². The van der Waals surface area contributed by atoms with E-state index in [1.165, 1.54) is 131 Å². The molecule has 0 unspecified atom stereocenters. The van der Waals surface area contributed by atoms with Crippen molar-refractivity contribution in [1.29, 1.82) is 0 Å². The summed E-state index contributed by atoms with van der Waals surface area (Å²) in [5.41, 5.74) is 24.6. The Kier molecular flexibility index (Phi) is 12.0. The Balaban J connectivity index is 0.753. The van der Waals surface area contributed by atoms with Gasteiger partial charge in [-0.3, -0.25) is 0 Å². The van der Waals surface area contributed by atoms with Gasteiger partial charge in [-0.25, -0.2) is 0 Å². The SMILES string of the molecule is c1ccc(-c2ccc3c(c2)c2c4ccccc4ccc2n3-c2ccc(-c3cc(-c4ccc(-n5c6ccc(-c7ccccc7)cc6c6c7ccccc7ccc65)cc4)cc(-c4ccc(-n5c6ccc(-c7ccccc7)cc6c6c7ccccc7ccc65)cc4)c3)cc2)cc1. The van der Waals surface area contributed by atoms with E-state index in [1.807, 2.05) is 0 Å². The van der Waals surface area contributed by atoms with Crippen molar-refractivity contribution < 1.29 is 0 Å². The maximum Gasteiger partial charge on any atom is 0.0547 e. The highest BCUT2D eigenvalue weighted by Crippen LogP contribution is 2.44. The van der Waals surface area contributed by atoms with Crippen LogP contribution in [0.5, 0.6) is 0 Å². The third kappa shape index (κ3) is 8.59. The van der Waals surface area contributed by atoms with Crippen molar-refractivity contribution in [2.24, 2.45) is 0 Å². The van der Waals surface area contributed by atoms with Crippen molar-refractivity contribution in [3.05, 3.63) is 346 Å². The Hall–Kier alpha value is -12.3. The van der Waals surface area contributed by atoms with Crippen LogP contribution in [0.3, 0.4) is 0 Å². The largest absolute Gasteiger partial charge is 0.309 e. The van der Waals surface area contributed by atoms with E-state index < -0.39 is 0 Å². The van der Waals surface area contributed by atoms with Crippen LogP contribution in [0.4, 0.5) is 0 Å². The second kappa shape index (κ2) is 21.2. The lowest BCUT2D eigenvalue weighted by atomic mass is 9.93. The minimum absolute atomic E-state index is 1.12. The van der Waals surface area contributed by atoms with Crippen molar-refractivity contribution in [3.8, 4) is 83.8 Å². The zero-order chi connectivity index (χ0) is 61.1. The van der Waals surface area contributed by atoms with Crippen LogP contribution < -0.4 is 0 Å². The van der Waals surface area contributed by atoms with Crippen LogP contribution in [-0.2, 0) is 0 Å². The van der Waals surface area contributed by atoms with E-state index >= 15 is 0 Å². The van der Waals surface area contributed by atoms with Crippen LogP contribution in [0.15, 0.2) is 346 Å². The highest BCUT2D eigenvalue weighted by atomic mass is 15.0. The molecule has 0 spiro atoms. The molecule has 0 bridgehead atoms. The van der Waals surface area contributed by atoms with Gasteiger partial charge in [-0.2, -0.15) is 0 Å². The molecule has 0 saturated heterocycles. The average molecular weight is 1180 g/mol. The summed E-state index contributed by atoms with van der Waals surface area (Å²) in [6.45, 7) is 0. The van der Waals surface area contributed by atoms with Crippen LogP contribution in [-0.4, -0.2) is 13.7 Å². The van der Waals surface area contributed by atoms with E-state index in [9.17, 15) is 0 Å². The molecule has 0 atom stereocenters. The lowest BCUT2D eigenvalue weighted by Crippen LogP contribution is -1.95. The Morgan fingerprint density at radius 1 is 0.140 bits per heavy atom. The summed E-state index contributed by atoms with van der Waals surface area (Å²) in [6, 6.07) is 128. The molecular formula is C90H57N3. The standard InChI is InChI=1S/C90H57N3/c1-4-16-58(17-5-1)67-37-46-82-79(55-67)88-76-25-13-10-22-64(76)34-49-85(88)91(82)73-40-28-61(29-41-73)70-52-71(62-30-42-74(43-31-62)92-83-47-38-68(59-18-6-2-7-19-59)56-80(83)89-77-26-14-11-23-65(77)35-50-86(89)92)54-72(53-70)63-32-44-75(45-33-63)93-84-48-39-69(60-20-8-3-9-21-60)57-81(84)90-78-27-15-12-24-66(78)36-51-87(90)93/h1-57H. The lowest BCUT2D eigenvalue weighted by Gasteiger charge is -2.15. The van der Waals surface area contributed by atoms with Crippen LogP contribution in [0.1, 0.15) is 0 Å². The van der Waals surface area contributed by atoms with Gasteiger partial charge in [0, 0.05) is 49.4 Å². The van der Waals surface area contributed by atoms with E-state index in [0.29, 0.717) is 0 Å². The third-order valence-corrected chi connectivity index (χ3v) is 19.6. The zero-order valence-electron chi connectivity index (χ0n) is 50.8. The summed E-state index contributed by atoms with van der Waals surface area (Å²) < 4.78 is 7.35. The summed E-state index contributed by atoms with van der Waals surface area (Å²) in [6.07, 6.45) is 0. The average Bonchev–Trinajstić information content (AvgIpc) is 1.66. The Labute approximate surface area is 537 Å². The fourth-order valence-electron chi connectivity index (χ4n) is 15.2. The maximum absolute atomic E-state index is 2.45. The number of fused-ring (bicyclic) bond motifs is 15. The molecule has 0 saturated carbocycles. The number of nitrogens with zero attached hydrogens (tertiary/aromatic N) is 3. The van der Waals surface area contributed by atoms with Crippen LogP contribution in [0.2, 0.25) is 0 Å². The molecule has 0 amide bonds. The first-order valence-corrected chi connectivity index (χ1v) is 32.1. The van der Waals surface area contributed by atoms with Crippen molar-refractivity contribution in [3.63, 3.8) is 0 Å². The smallest absolute Gasteiger partial charge is 0.0547 e. The number of hydrogen-bond acceptors (Lipinski definition) is 0. The van der Waals surface area contributed by atoms with Crippen molar-refractivity contribution >= 4 is 97.7 Å². The second-order valence-corrected chi connectivity index (χ2v) is 24.8.